The number of hydrogen-bond donors (Lipinski definition) is 1. The van der Waals surface area contributed by atoms with Gasteiger partial charge in [-0.2, -0.15) is 0 Å². The van der Waals surface area contributed by atoms with Gasteiger partial charge in [0.2, 0.25) is 0 Å². The SMILES string of the molecule is CC(C)CCC[C@@H](C)[C@H]1CCC2C3C(CC[C@@]21C)[C@@]1(C)CCC(=O)CC1C[C@H]3O. The quantitative estimate of drug-likeness (QED) is 0.559. The Kier molecular flexibility index (Phi) is 5.99. The number of fused-ring (bicyclic) bond motifs is 5. The van der Waals surface area contributed by atoms with Crippen LogP contribution in [0.4, 0.5) is 0 Å². The van der Waals surface area contributed by atoms with Crippen molar-refractivity contribution < 1.29 is 9.90 Å². The zero-order valence-corrected chi connectivity index (χ0v) is 19.8. The molecule has 4 aliphatic rings. The molecule has 0 saturated heterocycles. The minimum Gasteiger partial charge on any atom is -0.393 e. The maximum Gasteiger partial charge on any atom is 0.133 e. The molecule has 0 amide bonds. The van der Waals surface area contributed by atoms with Crippen LogP contribution in [0.1, 0.15) is 105 Å². The first-order valence-electron chi connectivity index (χ1n) is 12.9. The largest absolute Gasteiger partial charge is 0.393 e. The Bertz CT molecular complexity index is 612. The molecule has 4 fully saturated rings. The van der Waals surface area contributed by atoms with Gasteiger partial charge < -0.3 is 5.11 Å². The van der Waals surface area contributed by atoms with E-state index in [9.17, 15) is 9.90 Å². The van der Waals surface area contributed by atoms with Crippen molar-refractivity contribution in [3.05, 3.63) is 0 Å². The van der Waals surface area contributed by atoms with Gasteiger partial charge in [-0.25, -0.2) is 0 Å². The first-order chi connectivity index (χ1) is 13.7. The van der Waals surface area contributed by atoms with E-state index in [1.807, 2.05) is 0 Å². The van der Waals surface area contributed by atoms with Gasteiger partial charge in [0.1, 0.15) is 5.78 Å². The highest BCUT2D eigenvalue weighted by atomic mass is 16.3. The molecule has 0 spiro atoms. The van der Waals surface area contributed by atoms with Crippen molar-refractivity contribution in [2.45, 2.75) is 111 Å². The summed E-state index contributed by atoms with van der Waals surface area (Å²) in [5, 5.41) is 11.3. The van der Waals surface area contributed by atoms with Crippen LogP contribution in [0.3, 0.4) is 0 Å². The standard InChI is InChI=1S/C27H46O2/c1-17(2)7-6-8-18(3)21-9-10-22-25-23(12-14-27(21,22)5)26(4)13-11-20(28)15-19(26)16-24(25)29/h17-19,21-25,29H,6-16H2,1-5H3/t18-,19?,21-,22?,23?,24-,25?,26+,27-/m1/s1. The van der Waals surface area contributed by atoms with Crippen molar-refractivity contribution in [1.29, 1.82) is 0 Å². The smallest absolute Gasteiger partial charge is 0.133 e. The number of rotatable bonds is 5. The third-order valence-electron chi connectivity index (χ3n) is 10.7. The summed E-state index contributed by atoms with van der Waals surface area (Å²) in [6, 6.07) is 0. The van der Waals surface area contributed by atoms with Gasteiger partial charge >= 0.3 is 0 Å². The molecule has 2 nitrogen and oxygen atoms in total. The molecule has 0 radical (unpaired) electrons. The van der Waals surface area contributed by atoms with Gasteiger partial charge in [0.15, 0.2) is 0 Å². The molecule has 9 atom stereocenters. The minimum atomic E-state index is -0.177. The highest BCUT2D eigenvalue weighted by Gasteiger charge is 2.62. The van der Waals surface area contributed by atoms with Crippen LogP contribution in [-0.2, 0) is 4.79 Å². The molecular weight excluding hydrogens is 356 g/mol. The van der Waals surface area contributed by atoms with E-state index in [0.29, 0.717) is 40.3 Å². The summed E-state index contributed by atoms with van der Waals surface area (Å²) in [5.74, 6) is 5.16. The van der Waals surface area contributed by atoms with Crippen LogP contribution in [0.15, 0.2) is 0 Å². The van der Waals surface area contributed by atoms with Gasteiger partial charge in [-0.1, -0.05) is 53.9 Å². The number of ketones is 1. The van der Waals surface area contributed by atoms with Crippen LogP contribution in [0.2, 0.25) is 0 Å². The Labute approximate surface area is 179 Å². The molecule has 4 aliphatic carbocycles. The predicted molar refractivity (Wildman–Crippen MR) is 119 cm³/mol. The average Bonchev–Trinajstić information content (AvgIpc) is 3.00. The van der Waals surface area contributed by atoms with Crippen molar-refractivity contribution >= 4 is 5.78 Å². The number of hydrogen-bond acceptors (Lipinski definition) is 2. The molecule has 0 heterocycles. The van der Waals surface area contributed by atoms with E-state index in [1.54, 1.807) is 0 Å². The molecule has 0 aliphatic heterocycles. The van der Waals surface area contributed by atoms with E-state index in [2.05, 4.69) is 34.6 Å². The first kappa shape index (κ1) is 21.8. The number of carbonyl (C=O) groups is 1. The molecule has 1 N–H and O–H groups in total. The Morgan fingerprint density at radius 1 is 1.00 bits per heavy atom. The Morgan fingerprint density at radius 2 is 1.72 bits per heavy atom. The van der Waals surface area contributed by atoms with E-state index >= 15 is 0 Å². The zero-order chi connectivity index (χ0) is 21.0. The first-order valence-corrected chi connectivity index (χ1v) is 12.9. The molecule has 166 valence electrons. The van der Waals surface area contributed by atoms with Crippen LogP contribution < -0.4 is 0 Å². The molecule has 0 aromatic rings. The lowest BCUT2D eigenvalue weighted by Crippen LogP contribution is -2.58. The summed E-state index contributed by atoms with van der Waals surface area (Å²) in [4.78, 5) is 12.1. The van der Waals surface area contributed by atoms with Crippen LogP contribution in [0.5, 0.6) is 0 Å². The second-order valence-electron chi connectivity index (χ2n) is 12.6. The second-order valence-corrected chi connectivity index (χ2v) is 12.6. The molecule has 4 rings (SSSR count). The van der Waals surface area contributed by atoms with Crippen molar-refractivity contribution in [3.63, 3.8) is 0 Å². The van der Waals surface area contributed by atoms with E-state index in [-0.39, 0.29) is 6.10 Å². The Hall–Kier alpha value is -0.370. The molecule has 4 saturated carbocycles. The Balaban J connectivity index is 1.51. The highest BCUT2D eigenvalue weighted by Crippen LogP contribution is 2.68. The van der Waals surface area contributed by atoms with E-state index in [1.165, 1.54) is 44.9 Å². The maximum absolute atomic E-state index is 12.1. The van der Waals surface area contributed by atoms with Crippen molar-refractivity contribution in [3.8, 4) is 0 Å². The monoisotopic (exact) mass is 402 g/mol. The van der Waals surface area contributed by atoms with E-state index < -0.39 is 0 Å². The Morgan fingerprint density at radius 3 is 2.45 bits per heavy atom. The summed E-state index contributed by atoms with van der Waals surface area (Å²) in [5.41, 5.74) is 0.715. The fraction of sp³-hybridized carbons (Fsp3) is 0.963. The lowest BCUT2D eigenvalue weighted by atomic mass is 9.44. The van der Waals surface area contributed by atoms with E-state index in [0.717, 1.165) is 43.4 Å². The fourth-order valence-corrected chi connectivity index (χ4v) is 9.04. The van der Waals surface area contributed by atoms with Crippen molar-refractivity contribution in [2.24, 2.45) is 52.3 Å². The molecule has 0 bridgehead atoms. The van der Waals surface area contributed by atoms with Gasteiger partial charge in [-0.3, -0.25) is 4.79 Å². The second kappa shape index (κ2) is 7.95. The van der Waals surface area contributed by atoms with Gasteiger partial charge in [-0.05, 0) is 90.8 Å². The van der Waals surface area contributed by atoms with Crippen molar-refractivity contribution in [2.75, 3.05) is 0 Å². The number of carbonyl (C=O) groups excluding carboxylic acids is 1. The zero-order valence-electron chi connectivity index (χ0n) is 19.8. The van der Waals surface area contributed by atoms with Crippen molar-refractivity contribution in [1.82, 2.24) is 0 Å². The molecule has 0 aromatic carbocycles. The number of Topliss-reactive ketones (excluding diaryl/α,β-unsaturated/α-hetero) is 1. The normalized spacial score (nSPS) is 48.2. The molecule has 0 aromatic heterocycles. The lowest BCUT2D eigenvalue weighted by Gasteiger charge is -2.62. The summed E-state index contributed by atoms with van der Waals surface area (Å²) in [6.07, 6.45) is 12.7. The van der Waals surface area contributed by atoms with E-state index in [4.69, 9.17) is 0 Å². The van der Waals surface area contributed by atoms with Gasteiger partial charge in [-0.15, -0.1) is 0 Å². The van der Waals surface area contributed by atoms with Gasteiger partial charge in [0.25, 0.3) is 0 Å². The average molecular weight is 403 g/mol. The summed E-state index contributed by atoms with van der Waals surface area (Å²) < 4.78 is 0. The third-order valence-corrected chi connectivity index (χ3v) is 10.7. The topological polar surface area (TPSA) is 37.3 Å². The number of aliphatic hydroxyl groups excluding tert-OH is 1. The van der Waals surface area contributed by atoms with Gasteiger partial charge in [0.05, 0.1) is 6.10 Å². The summed E-state index contributed by atoms with van der Waals surface area (Å²) in [6.45, 7) is 12.3. The van der Waals surface area contributed by atoms with Crippen LogP contribution >= 0.6 is 0 Å². The molecule has 29 heavy (non-hydrogen) atoms. The van der Waals surface area contributed by atoms with Crippen LogP contribution in [0, 0.1) is 52.3 Å². The predicted octanol–water partition coefficient (Wildman–Crippen LogP) is 6.65. The summed E-state index contributed by atoms with van der Waals surface area (Å²) in [7, 11) is 0. The van der Waals surface area contributed by atoms with Gasteiger partial charge in [0, 0.05) is 12.8 Å². The molecule has 2 heteroatoms. The maximum atomic E-state index is 12.1. The van der Waals surface area contributed by atoms with Crippen LogP contribution in [0.25, 0.3) is 0 Å². The fourth-order valence-electron chi connectivity index (χ4n) is 9.04. The minimum absolute atomic E-state index is 0.177. The highest BCUT2D eigenvalue weighted by molar-refractivity contribution is 5.79. The number of aliphatic hydroxyl groups is 1. The lowest BCUT2D eigenvalue weighted by molar-refractivity contribution is -0.168. The summed E-state index contributed by atoms with van der Waals surface area (Å²) >= 11 is 0. The molecular formula is C27H46O2. The molecule has 4 unspecified atom stereocenters. The van der Waals surface area contributed by atoms with Crippen LogP contribution in [-0.4, -0.2) is 17.0 Å². The third kappa shape index (κ3) is 3.64.